The summed E-state index contributed by atoms with van der Waals surface area (Å²) >= 11 is 1.55. The van der Waals surface area contributed by atoms with Crippen molar-refractivity contribution in [2.24, 2.45) is 0 Å². The average molecular weight is 695 g/mol. The van der Waals surface area contributed by atoms with E-state index in [1.165, 1.54) is 19.2 Å². The molecule has 2 bridgehead atoms. The lowest BCUT2D eigenvalue weighted by molar-refractivity contribution is -0.0458. The lowest BCUT2D eigenvalue weighted by Gasteiger charge is -2.43. The lowest BCUT2D eigenvalue weighted by Crippen LogP contribution is -2.52. The molecule has 5 aromatic rings. The van der Waals surface area contributed by atoms with Gasteiger partial charge in [0, 0.05) is 47.7 Å². The molecule has 2 aliphatic heterocycles. The van der Waals surface area contributed by atoms with Crippen LogP contribution in [0.25, 0.3) is 11.1 Å². The number of thiazole rings is 1. The van der Waals surface area contributed by atoms with E-state index in [1.54, 1.807) is 40.7 Å². The van der Waals surface area contributed by atoms with Crippen molar-refractivity contribution in [2.75, 3.05) is 18.5 Å². The summed E-state index contributed by atoms with van der Waals surface area (Å²) in [5.74, 6) is 1.37. The van der Waals surface area contributed by atoms with Crippen molar-refractivity contribution in [1.29, 1.82) is 5.26 Å². The summed E-state index contributed by atoms with van der Waals surface area (Å²) < 4.78 is 21.8. The third-order valence-electron chi connectivity index (χ3n) is 9.77. The number of benzene rings is 1. The highest BCUT2D eigenvalue weighted by Crippen LogP contribution is 2.39. The molecule has 1 N–H and O–H groups in total. The molecule has 0 spiro atoms. The molecule has 3 fully saturated rings. The second kappa shape index (κ2) is 14.5. The normalized spacial score (nSPS) is 22.6. The van der Waals surface area contributed by atoms with Crippen LogP contribution in [-0.4, -0.2) is 87.3 Å². The van der Waals surface area contributed by atoms with E-state index in [0.29, 0.717) is 60.1 Å². The molecule has 4 aromatic heterocycles. The zero-order chi connectivity index (χ0) is 33.9. The van der Waals surface area contributed by atoms with Gasteiger partial charge < -0.3 is 19.5 Å². The average Bonchev–Trinajstić information content (AvgIpc) is 3.97. The Morgan fingerprint density at radius 3 is 2.52 bits per heavy atom. The van der Waals surface area contributed by atoms with Crippen LogP contribution in [-0.2, 0) is 17.9 Å². The summed E-state index contributed by atoms with van der Waals surface area (Å²) in [5.41, 5.74) is 2.73. The van der Waals surface area contributed by atoms with Gasteiger partial charge in [0.1, 0.15) is 41.6 Å². The van der Waals surface area contributed by atoms with Gasteiger partial charge in [0.2, 0.25) is 5.95 Å². The molecule has 0 radical (unpaired) electrons. The van der Waals surface area contributed by atoms with Crippen LogP contribution in [0.2, 0.25) is 0 Å². The topological polar surface area (TPSA) is 167 Å². The van der Waals surface area contributed by atoms with E-state index in [0.717, 1.165) is 55.0 Å². The fraction of sp³-hybridized carbons (Fsp3) is 0.471. The van der Waals surface area contributed by atoms with E-state index in [-0.39, 0.29) is 12.1 Å². The number of anilines is 2. The van der Waals surface area contributed by atoms with E-state index < -0.39 is 0 Å². The van der Waals surface area contributed by atoms with E-state index in [2.05, 4.69) is 51.4 Å². The Hall–Kier alpha value is -4.98. The molecule has 15 nitrogen and oxygen atoms in total. The van der Waals surface area contributed by atoms with Gasteiger partial charge in [-0.3, -0.25) is 9.58 Å². The van der Waals surface area contributed by atoms with Crippen molar-refractivity contribution < 1.29 is 14.2 Å². The quantitative estimate of drug-likeness (QED) is 0.190. The summed E-state index contributed by atoms with van der Waals surface area (Å²) in [6.45, 7) is 4.41. The summed E-state index contributed by atoms with van der Waals surface area (Å²) in [7, 11) is 0. The van der Waals surface area contributed by atoms with Crippen molar-refractivity contribution in [2.45, 2.75) is 88.9 Å². The molecule has 1 aliphatic carbocycles. The van der Waals surface area contributed by atoms with E-state index in [1.807, 2.05) is 30.6 Å². The number of morpholine rings is 1. The maximum atomic E-state index is 9.69. The first-order chi connectivity index (χ1) is 24.6. The Balaban J connectivity index is 0.961. The first kappa shape index (κ1) is 32.2. The van der Waals surface area contributed by atoms with Crippen LogP contribution in [0.4, 0.5) is 11.6 Å². The zero-order valence-corrected chi connectivity index (χ0v) is 28.5. The predicted octanol–water partition coefficient (Wildman–Crippen LogP) is 4.79. The highest BCUT2D eigenvalue weighted by molar-refractivity contribution is 7.09. The van der Waals surface area contributed by atoms with Crippen LogP contribution in [0.5, 0.6) is 11.6 Å². The molecule has 16 heteroatoms. The van der Waals surface area contributed by atoms with Crippen molar-refractivity contribution in [3.8, 4) is 28.8 Å². The van der Waals surface area contributed by atoms with Gasteiger partial charge in [-0.2, -0.15) is 5.26 Å². The third kappa shape index (κ3) is 7.02. The molecule has 0 amide bonds. The van der Waals surface area contributed by atoms with E-state index in [9.17, 15) is 5.26 Å². The maximum absolute atomic E-state index is 9.69. The molecule has 2 saturated heterocycles. The van der Waals surface area contributed by atoms with Gasteiger partial charge >= 0.3 is 0 Å². The molecule has 50 heavy (non-hydrogen) atoms. The molecule has 6 heterocycles. The van der Waals surface area contributed by atoms with Crippen molar-refractivity contribution in [3.05, 3.63) is 65.3 Å². The number of ether oxygens (including phenoxy) is 3. The van der Waals surface area contributed by atoms with Crippen LogP contribution >= 0.6 is 11.3 Å². The standard InChI is InChI=1S/C34H38N12O3S/c1-22(16-44-21-39-42-43-44)49-31-12-23(2-3-24(31)13-35)25-14-37-34(38-15-25)40-30-17-45(41-33(30)48-20-32-36-10-11-50-32)26-4-6-27(7-5-26)46-28-8-9-29(46)19-47-18-28/h2-3,10-12,14-15,17,21-22,26-29H,4-9,16,18-20H2,1H3,(H,37,38,40)/t22-,26?,27?,28-,29+/m0/s1. The van der Waals surface area contributed by atoms with Gasteiger partial charge in [-0.05, 0) is 73.6 Å². The Morgan fingerprint density at radius 2 is 1.80 bits per heavy atom. The van der Waals surface area contributed by atoms with Gasteiger partial charge in [0.15, 0.2) is 0 Å². The Morgan fingerprint density at radius 1 is 1.02 bits per heavy atom. The van der Waals surface area contributed by atoms with Crippen LogP contribution in [0, 0.1) is 11.3 Å². The van der Waals surface area contributed by atoms with Gasteiger partial charge in [-0.1, -0.05) is 6.07 Å². The molecular formula is C34H38N12O3S. The third-order valence-corrected chi connectivity index (χ3v) is 10.5. The molecular weight excluding hydrogens is 657 g/mol. The molecule has 8 rings (SSSR count). The monoisotopic (exact) mass is 694 g/mol. The first-order valence-corrected chi connectivity index (χ1v) is 17.9. The van der Waals surface area contributed by atoms with Gasteiger partial charge in [-0.25, -0.2) is 19.6 Å². The van der Waals surface area contributed by atoms with E-state index in [4.69, 9.17) is 19.3 Å². The number of nitrogens with zero attached hydrogens (tertiary/aromatic N) is 11. The zero-order valence-electron chi connectivity index (χ0n) is 27.7. The number of nitriles is 1. The van der Waals surface area contributed by atoms with Crippen molar-refractivity contribution in [1.82, 2.24) is 49.8 Å². The van der Waals surface area contributed by atoms with Gasteiger partial charge in [0.25, 0.3) is 5.88 Å². The summed E-state index contributed by atoms with van der Waals surface area (Å²) in [6, 6.07) is 9.69. The SMILES string of the molecule is C[C@@H](Cn1cnnn1)Oc1cc(-c2cnc(Nc3cn(C4CCC(N5[C@@H]6CC[C@H]5COC6)CC4)nc3OCc3nccs3)nc2)ccc1C#N. The second-order valence-corrected chi connectivity index (χ2v) is 14.1. The summed E-state index contributed by atoms with van der Waals surface area (Å²) in [4.78, 5) is 16.4. The fourth-order valence-corrected chi connectivity index (χ4v) is 7.95. The van der Waals surface area contributed by atoms with Crippen molar-refractivity contribution >= 4 is 23.0 Å². The fourth-order valence-electron chi connectivity index (χ4n) is 7.42. The largest absolute Gasteiger partial charge is 0.487 e. The highest BCUT2D eigenvalue weighted by Gasteiger charge is 2.42. The van der Waals surface area contributed by atoms with Crippen LogP contribution < -0.4 is 14.8 Å². The summed E-state index contributed by atoms with van der Waals surface area (Å²) in [5, 5.41) is 32.0. The second-order valence-electron chi connectivity index (χ2n) is 13.1. The molecule has 1 saturated carbocycles. The minimum absolute atomic E-state index is 0.272. The lowest BCUT2D eigenvalue weighted by atomic mass is 9.89. The first-order valence-electron chi connectivity index (χ1n) is 17.1. The number of hydrogen-bond donors (Lipinski definition) is 1. The summed E-state index contributed by atoms with van der Waals surface area (Å²) in [6.07, 6.45) is 15.5. The maximum Gasteiger partial charge on any atom is 0.257 e. The van der Waals surface area contributed by atoms with Gasteiger partial charge in [-0.15, -0.1) is 21.5 Å². The number of hydrogen-bond acceptors (Lipinski definition) is 14. The molecule has 1 aromatic carbocycles. The van der Waals surface area contributed by atoms with E-state index >= 15 is 0 Å². The minimum Gasteiger partial charge on any atom is -0.487 e. The number of fused-ring (bicyclic) bond motifs is 2. The molecule has 3 atom stereocenters. The van der Waals surface area contributed by atoms with Crippen LogP contribution in [0.15, 0.2) is 54.7 Å². The van der Waals surface area contributed by atoms with Crippen LogP contribution in [0.3, 0.4) is 0 Å². The van der Waals surface area contributed by atoms with Crippen LogP contribution in [0.1, 0.15) is 62.1 Å². The molecule has 0 unspecified atom stereocenters. The highest BCUT2D eigenvalue weighted by atomic mass is 32.1. The predicted molar refractivity (Wildman–Crippen MR) is 183 cm³/mol. The molecule has 3 aliphatic rings. The van der Waals surface area contributed by atoms with Crippen molar-refractivity contribution in [3.63, 3.8) is 0 Å². The number of rotatable bonds is 12. The Labute approximate surface area is 293 Å². The Bertz CT molecular complexity index is 1890. The molecule has 258 valence electrons. The smallest absolute Gasteiger partial charge is 0.257 e. The number of nitrogens with one attached hydrogen (secondary N) is 1. The minimum atomic E-state index is -0.272. The Kier molecular flexibility index (Phi) is 9.33. The van der Waals surface area contributed by atoms with Gasteiger partial charge in [0.05, 0.1) is 37.6 Å². The number of aromatic nitrogens is 9. The number of tetrazole rings is 1.